The molecule has 1 atom stereocenters. The molecule has 0 aliphatic carbocycles. The summed E-state index contributed by atoms with van der Waals surface area (Å²) < 4.78 is 6.10. The minimum atomic E-state index is 0.273. The maximum atomic E-state index is 6.10. The number of likely N-dealkylation sites (tertiary alicyclic amines) is 1. The first-order valence-corrected chi connectivity index (χ1v) is 8.25. The molecule has 1 fully saturated rings. The van der Waals surface area contributed by atoms with Crippen LogP contribution in [0.15, 0.2) is 28.7 Å². The molecule has 3 rings (SSSR count). The van der Waals surface area contributed by atoms with Gasteiger partial charge in [0.1, 0.15) is 11.3 Å². The average molecular weight is 286 g/mol. The van der Waals surface area contributed by atoms with Crippen molar-refractivity contribution in [1.82, 2.24) is 10.2 Å². The van der Waals surface area contributed by atoms with Gasteiger partial charge < -0.3 is 14.6 Å². The minimum Gasteiger partial charge on any atom is -0.459 e. The van der Waals surface area contributed by atoms with Crippen LogP contribution in [0.25, 0.3) is 11.0 Å². The van der Waals surface area contributed by atoms with E-state index in [2.05, 4.69) is 42.3 Å². The molecule has 2 aromatic rings. The Morgan fingerprint density at radius 3 is 2.76 bits per heavy atom. The van der Waals surface area contributed by atoms with E-state index in [1.165, 1.54) is 36.9 Å². The van der Waals surface area contributed by atoms with Crippen LogP contribution in [0.5, 0.6) is 0 Å². The summed E-state index contributed by atoms with van der Waals surface area (Å²) in [5, 5.41) is 4.89. The van der Waals surface area contributed by atoms with Crippen molar-refractivity contribution in [2.24, 2.45) is 0 Å². The van der Waals surface area contributed by atoms with Crippen molar-refractivity contribution in [2.75, 3.05) is 26.2 Å². The Labute approximate surface area is 127 Å². The van der Waals surface area contributed by atoms with E-state index in [-0.39, 0.29) is 6.04 Å². The largest absolute Gasteiger partial charge is 0.459 e. The summed E-state index contributed by atoms with van der Waals surface area (Å²) in [7, 11) is 0. The van der Waals surface area contributed by atoms with Crippen molar-refractivity contribution < 1.29 is 4.42 Å². The molecule has 1 aromatic heterocycles. The van der Waals surface area contributed by atoms with Crippen molar-refractivity contribution >= 4 is 11.0 Å². The zero-order valence-corrected chi connectivity index (χ0v) is 13.2. The van der Waals surface area contributed by atoms with Crippen LogP contribution in [0.2, 0.25) is 0 Å². The predicted octanol–water partition coefficient (Wildman–Crippen LogP) is 3.74. The summed E-state index contributed by atoms with van der Waals surface area (Å²) in [5.41, 5.74) is 2.37. The first kappa shape index (κ1) is 14.6. The first-order valence-electron chi connectivity index (χ1n) is 8.25. The van der Waals surface area contributed by atoms with Crippen LogP contribution < -0.4 is 5.32 Å². The van der Waals surface area contributed by atoms with E-state index in [0.717, 1.165) is 30.9 Å². The monoisotopic (exact) mass is 286 g/mol. The number of aryl methyl sites for hydroxylation is 1. The number of para-hydroxylation sites is 1. The fraction of sp³-hybridized carbons (Fsp3) is 0.556. The van der Waals surface area contributed by atoms with E-state index < -0.39 is 0 Å². The summed E-state index contributed by atoms with van der Waals surface area (Å²) in [6.07, 6.45) is 3.74. The van der Waals surface area contributed by atoms with E-state index in [9.17, 15) is 0 Å². The second-order valence-corrected chi connectivity index (χ2v) is 6.02. The maximum Gasteiger partial charge on any atom is 0.134 e. The van der Waals surface area contributed by atoms with Crippen LogP contribution >= 0.6 is 0 Å². The highest BCUT2D eigenvalue weighted by molar-refractivity contribution is 5.82. The summed E-state index contributed by atoms with van der Waals surface area (Å²) in [5.74, 6) is 1.11. The highest BCUT2D eigenvalue weighted by Gasteiger charge is 2.18. The Morgan fingerprint density at radius 1 is 1.24 bits per heavy atom. The number of benzene rings is 1. The van der Waals surface area contributed by atoms with E-state index in [0.29, 0.717) is 0 Å². The molecule has 2 heterocycles. The quantitative estimate of drug-likeness (QED) is 0.877. The topological polar surface area (TPSA) is 28.4 Å². The molecule has 1 aliphatic heterocycles. The zero-order valence-electron chi connectivity index (χ0n) is 13.2. The van der Waals surface area contributed by atoms with E-state index in [1.807, 2.05) is 6.07 Å². The molecule has 1 saturated heterocycles. The lowest BCUT2D eigenvalue weighted by Crippen LogP contribution is -2.31. The predicted molar refractivity (Wildman–Crippen MR) is 87.7 cm³/mol. The second kappa shape index (κ2) is 6.63. The lowest BCUT2D eigenvalue weighted by Gasteiger charge is -2.18. The van der Waals surface area contributed by atoms with Crippen LogP contribution in [0.3, 0.4) is 0 Å². The van der Waals surface area contributed by atoms with Gasteiger partial charge in [0.05, 0.1) is 6.04 Å². The fourth-order valence-electron chi connectivity index (χ4n) is 3.37. The standard InChI is InChI=1S/C18H26N2O/c1-3-15-16-8-4-5-9-17(16)21-18(15)14(2)19-10-13-20-11-6-7-12-20/h4-5,8-9,14,19H,3,6-7,10-13H2,1-2H3. The van der Waals surface area contributed by atoms with Crippen LogP contribution in [-0.4, -0.2) is 31.1 Å². The van der Waals surface area contributed by atoms with Gasteiger partial charge in [0, 0.05) is 24.0 Å². The van der Waals surface area contributed by atoms with Gasteiger partial charge in [0.15, 0.2) is 0 Å². The van der Waals surface area contributed by atoms with Gasteiger partial charge in [-0.2, -0.15) is 0 Å². The molecule has 0 saturated carbocycles. The summed E-state index contributed by atoms with van der Waals surface area (Å²) in [6.45, 7) is 9.12. The Kier molecular flexibility index (Phi) is 4.61. The average Bonchev–Trinajstić information content (AvgIpc) is 3.13. The third-order valence-corrected chi connectivity index (χ3v) is 4.55. The summed E-state index contributed by atoms with van der Waals surface area (Å²) in [4.78, 5) is 2.54. The lowest BCUT2D eigenvalue weighted by atomic mass is 10.1. The second-order valence-electron chi connectivity index (χ2n) is 6.02. The first-order chi connectivity index (χ1) is 10.3. The van der Waals surface area contributed by atoms with Crippen LogP contribution in [0.4, 0.5) is 0 Å². The van der Waals surface area contributed by atoms with Crippen molar-refractivity contribution in [1.29, 1.82) is 0 Å². The number of nitrogens with zero attached hydrogens (tertiary/aromatic N) is 1. The third-order valence-electron chi connectivity index (χ3n) is 4.55. The molecule has 1 aromatic carbocycles. The highest BCUT2D eigenvalue weighted by atomic mass is 16.3. The van der Waals surface area contributed by atoms with Gasteiger partial charge in [-0.15, -0.1) is 0 Å². The number of rotatable bonds is 6. The molecule has 0 bridgehead atoms. The van der Waals surface area contributed by atoms with Gasteiger partial charge in [-0.3, -0.25) is 0 Å². The smallest absolute Gasteiger partial charge is 0.134 e. The van der Waals surface area contributed by atoms with Gasteiger partial charge >= 0.3 is 0 Å². The van der Waals surface area contributed by atoms with Crippen LogP contribution in [0, 0.1) is 0 Å². The van der Waals surface area contributed by atoms with E-state index in [4.69, 9.17) is 4.42 Å². The zero-order chi connectivity index (χ0) is 14.7. The molecular weight excluding hydrogens is 260 g/mol. The van der Waals surface area contributed by atoms with Crippen molar-refractivity contribution in [2.45, 2.75) is 39.2 Å². The summed E-state index contributed by atoms with van der Waals surface area (Å²) in [6, 6.07) is 8.63. The van der Waals surface area contributed by atoms with Crippen LogP contribution in [0.1, 0.15) is 44.1 Å². The van der Waals surface area contributed by atoms with Crippen molar-refractivity contribution in [3.8, 4) is 0 Å². The third kappa shape index (κ3) is 3.14. The number of furan rings is 1. The van der Waals surface area contributed by atoms with E-state index >= 15 is 0 Å². The normalized spacial score (nSPS) is 17.6. The summed E-state index contributed by atoms with van der Waals surface area (Å²) >= 11 is 0. The Morgan fingerprint density at radius 2 is 2.00 bits per heavy atom. The Balaban J connectivity index is 1.67. The fourth-order valence-corrected chi connectivity index (χ4v) is 3.37. The molecule has 114 valence electrons. The molecule has 0 spiro atoms. The molecule has 3 heteroatoms. The number of hydrogen-bond acceptors (Lipinski definition) is 3. The molecular formula is C18H26N2O. The molecule has 0 amide bonds. The van der Waals surface area contributed by atoms with Gasteiger partial charge in [-0.25, -0.2) is 0 Å². The Hall–Kier alpha value is -1.32. The van der Waals surface area contributed by atoms with Gasteiger partial charge in [-0.1, -0.05) is 25.1 Å². The van der Waals surface area contributed by atoms with Crippen molar-refractivity contribution in [3.63, 3.8) is 0 Å². The van der Waals surface area contributed by atoms with Crippen LogP contribution in [-0.2, 0) is 6.42 Å². The van der Waals surface area contributed by atoms with Gasteiger partial charge in [0.25, 0.3) is 0 Å². The number of fused-ring (bicyclic) bond motifs is 1. The molecule has 1 N–H and O–H groups in total. The molecule has 1 aliphatic rings. The Bertz CT molecular complexity index is 584. The lowest BCUT2D eigenvalue weighted by molar-refractivity contribution is 0.324. The maximum absolute atomic E-state index is 6.10. The molecule has 3 nitrogen and oxygen atoms in total. The van der Waals surface area contributed by atoms with E-state index in [1.54, 1.807) is 0 Å². The minimum absolute atomic E-state index is 0.273. The van der Waals surface area contributed by atoms with Gasteiger partial charge in [0.2, 0.25) is 0 Å². The van der Waals surface area contributed by atoms with Gasteiger partial charge in [-0.05, 0) is 45.3 Å². The number of nitrogens with one attached hydrogen (secondary N) is 1. The SMILES string of the molecule is CCc1c(C(C)NCCN2CCCC2)oc2ccccc12. The van der Waals surface area contributed by atoms with Crippen molar-refractivity contribution in [3.05, 3.63) is 35.6 Å². The molecule has 21 heavy (non-hydrogen) atoms. The highest BCUT2D eigenvalue weighted by Crippen LogP contribution is 2.30. The number of hydrogen-bond donors (Lipinski definition) is 1. The molecule has 1 unspecified atom stereocenters. The molecule has 0 radical (unpaired) electrons.